The van der Waals surface area contributed by atoms with E-state index in [1.54, 1.807) is 19.9 Å². The van der Waals surface area contributed by atoms with Crippen LogP contribution in [-0.2, 0) is 4.74 Å². The molecule has 0 spiro atoms. The second-order valence-corrected chi connectivity index (χ2v) is 5.28. The Hall–Kier alpha value is -2.41. The number of aromatic hydroxyl groups is 1. The molecule has 0 atom stereocenters. The maximum absolute atomic E-state index is 12.0. The van der Waals surface area contributed by atoms with E-state index in [0.717, 1.165) is 16.9 Å². The molecule has 0 aromatic carbocycles. The van der Waals surface area contributed by atoms with Gasteiger partial charge in [-0.2, -0.15) is 0 Å². The molecule has 6 nitrogen and oxygen atoms in total. The summed E-state index contributed by atoms with van der Waals surface area (Å²) in [7, 11) is 0. The number of rotatable bonds is 4. The van der Waals surface area contributed by atoms with Crippen molar-refractivity contribution in [2.45, 2.75) is 13.8 Å². The first-order valence-corrected chi connectivity index (χ1v) is 7.05. The van der Waals surface area contributed by atoms with Gasteiger partial charge in [0.1, 0.15) is 10.6 Å². The predicted octanol–water partition coefficient (Wildman–Crippen LogP) is 2.59. The summed E-state index contributed by atoms with van der Waals surface area (Å²) < 4.78 is 4.94. The van der Waals surface area contributed by atoms with Gasteiger partial charge < -0.3 is 15.2 Å². The summed E-state index contributed by atoms with van der Waals surface area (Å²) in [5.41, 5.74) is 0.974. The third-order valence-electron chi connectivity index (χ3n) is 2.60. The summed E-state index contributed by atoms with van der Waals surface area (Å²) in [5, 5.41) is 12.5. The lowest BCUT2D eigenvalue weighted by molar-refractivity contribution is 0.0531. The molecule has 0 bridgehead atoms. The molecule has 1 amide bonds. The minimum Gasteiger partial charge on any atom is -0.506 e. The van der Waals surface area contributed by atoms with Crippen molar-refractivity contribution in [1.29, 1.82) is 0 Å². The normalized spacial score (nSPS) is 10.2. The highest BCUT2D eigenvalue weighted by Crippen LogP contribution is 2.27. The van der Waals surface area contributed by atoms with E-state index in [1.807, 2.05) is 0 Å². The first kappa shape index (κ1) is 15.0. The number of aryl methyl sites for hydroxylation is 1. The summed E-state index contributed by atoms with van der Waals surface area (Å²) in [5.74, 6) is -0.896. The van der Waals surface area contributed by atoms with Gasteiger partial charge >= 0.3 is 5.97 Å². The van der Waals surface area contributed by atoms with Gasteiger partial charge in [-0.1, -0.05) is 0 Å². The van der Waals surface area contributed by atoms with Crippen molar-refractivity contribution < 1.29 is 19.4 Å². The number of hydrogen-bond acceptors (Lipinski definition) is 6. The SMILES string of the molecule is CCOC(=O)c1sc(NC(=O)c2cncc(O)c2)cc1C. The molecule has 0 aliphatic rings. The molecule has 0 radical (unpaired) electrons. The maximum Gasteiger partial charge on any atom is 0.348 e. The number of pyridine rings is 1. The van der Waals surface area contributed by atoms with Gasteiger partial charge in [0.2, 0.25) is 0 Å². The number of carbonyl (C=O) groups is 2. The van der Waals surface area contributed by atoms with Crippen molar-refractivity contribution in [2.24, 2.45) is 0 Å². The summed E-state index contributed by atoms with van der Waals surface area (Å²) >= 11 is 1.15. The molecule has 2 rings (SSSR count). The van der Waals surface area contributed by atoms with Gasteiger partial charge in [-0.05, 0) is 31.5 Å². The van der Waals surface area contributed by atoms with E-state index < -0.39 is 11.9 Å². The molecule has 0 fully saturated rings. The van der Waals surface area contributed by atoms with Crippen LogP contribution in [0.25, 0.3) is 0 Å². The topological polar surface area (TPSA) is 88.5 Å². The first-order valence-electron chi connectivity index (χ1n) is 6.24. The minimum atomic E-state index is -0.407. The zero-order valence-corrected chi connectivity index (χ0v) is 12.4. The monoisotopic (exact) mass is 306 g/mol. The minimum absolute atomic E-state index is 0.0859. The fourth-order valence-corrected chi connectivity index (χ4v) is 2.64. The average molecular weight is 306 g/mol. The Bertz CT molecular complexity index is 681. The highest BCUT2D eigenvalue weighted by molar-refractivity contribution is 7.18. The predicted molar refractivity (Wildman–Crippen MR) is 78.9 cm³/mol. The van der Waals surface area contributed by atoms with Crippen molar-refractivity contribution in [1.82, 2.24) is 4.98 Å². The van der Waals surface area contributed by atoms with E-state index in [4.69, 9.17) is 4.74 Å². The number of amides is 1. The molecular weight excluding hydrogens is 292 g/mol. The first-order chi connectivity index (χ1) is 10.0. The molecule has 21 heavy (non-hydrogen) atoms. The zero-order chi connectivity index (χ0) is 15.4. The van der Waals surface area contributed by atoms with E-state index in [0.29, 0.717) is 16.5 Å². The zero-order valence-electron chi connectivity index (χ0n) is 11.5. The third-order valence-corrected chi connectivity index (χ3v) is 3.73. The summed E-state index contributed by atoms with van der Waals surface area (Å²) in [4.78, 5) is 27.9. The van der Waals surface area contributed by atoms with Gasteiger partial charge in [-0.15, -0.1) is 11.3 Å². The number of esters is 1. The molecule has 0 unspecified atom stereocenters. The van der Waals surface area contributed by atoms with Gasteiger partial charge in [0.05, 0.1) is 23.4 Å². The quantitative estimate of drug-likeness (QED) is 0.848. The van der Waals surface area contributed by atoms with E-state index in [2.05, 4.69) is 10.3 Å². The Morgan fingerprint density at radius 2 is 2.14 bits per heavy atom. The molecule has 0 saturated heterocycles. The number of carbonyl (C=O) groups excluding carboxylic acids is 2. The molecule has 2 heterocycles. The average Bonchev–Trinajstić information content (AvgIpc) is 2.80. The van der Waals surface area contributed by atoms with Crippen LogP contribution in [0.2, 0.25) is 0 Å². The van der Waals surface area contributed by atoms with Gasteiger partial charge in [0.25, 0.3) is 5.91 Å². The third kappa shape index (κ3) is 3.57. The van der Waals surface area contributed by atoms with E-state index >= 15 is 0 Å². The van der Waals surface area contributed by atoms with Crippen molar-refractivity contribution in [3.05, 3.63) is 40.5 Å². The van der Waals surface area contributed by atoms with Crippen LogP contribution in [0.1, 0.15) is 32.5 Å². The second kappa shape index (κ2) is 6.36. The van der Waals surface area contributed by atoms with Crippen LogP contribution in [0.15, 0.2) is 24.5 Å². The second-order valence-electron chi connectivity index (χ2n) is 4.23. The highest BCUT2D eigenvalue weighted by atomic mass is 32.1. The van der Waals surface area contributed by atoms with Crippen LogP contribution >= 0.6 is 11.3 Å². The fraction of sp³-hybridized carbons (Fsp3) is 0.214. The number of thiophene rings is 1. The summed E-state index contributed by atoms with van der Waals surface area (Å²) in [6.45, 7) is 3.81. The van der Waals surface area contributed by atoms with Crippen molar-refractivity contribution >= 4 is 28.2 Å². The number of nitrogens with one attached hydrogen (secondary N) is 1. The number of hydrogen-bond donors (Lipinski definition) is 2. The van der Waals surface area contributed by atoms with Gasteiger partial charge in [-0.3, -0.25) is 9.78 Å². The Kier molecular flexibility index (Phi) is 4.54. The Morgan fingerprint density at radius 1 is 1.38 bits per heavy atom. The molecule has 110 valence electrons. The van der Waals surface area contributed by atoms with E-state index in [-0.39, 0.29) is 11.3 Å². The van der Waals surface area contributed by atoms with Crippen LogP contribution in [0.5, 0.6) is 5.75 Å². The highest BCUT2D eigenvalue weighted by Gasteiger charge is 2.16. The largest absolute Gasteiger partial charge is 0.506 e. The fourth-order valence-electron chi connectivity index (χ4n) is 1.68. The van der Waals surface area contributed by atoms with Crippen LogP contribution in [-0.4, -0.2) is 28.6 Å². The van der Waals surface area contributed by atoms with Crippen molar-refractivity contribution in [3.8, 4) is 5.75 Å². The molecule has 2 aromatic rings. The van der Waals surface area contributed by atoms with Crippen molar-refractivity contribution in [3.63, 3.8) is 0 Å². The number of ether oxygens (including phenoxy) is 1. The summed E-state index contributed by atoms with van der Waals surface area (Å²) in [6.07, 6.45) is 2.59. The van der Waals surface area contributed by atoms with Crippen molar-refractivity contribution in [2.75, 3.05) is 11.9 Å². The maximum atomic E-state index is 12.0. The molecule has 2 aromatic heterocycles. The van der Waals surface area contributed by atoms with Crippen LogP contribution in [0, 0.1) is 6.92 Å². The molecule has 7 heteroatoms. The number of nitrogens with zero attached hydrogens (tertiary/aromatic N) is 1. The van der Waals surface area contributed by atoms with Gasteiger partial charge in [-0.25, -0.2) is 4.79 Å². The molecule has 2 N–H and O–H groups in total. The van der Waals surface area contributed by atoms with E-state index in [1.165, 1.54) is 18.5 Å². The standard InChI is InChI=1S/C14H14N2O4S/c1-3-20-14(19)12-8(2)4-11(21-12)16-13(18)9-5-10(17)7-15-6-9/h4-7,17H,3H2,1-2H3,(H,16,18). The van der Waals surface area contributed by atoms with Crippen LogP contribution < -0.4 is 5.32 Å². The number of aromatic nitrogens is 1. The van der Waals surface area contributed by atoms with Gasteiger partial charge in [0, 0.05) is 6.20 Å². The lowest BCUT2D eigenvalue weighted by Crippen LogP contribution is -2.10. The smallest absolute Gasteiger partial charge is 0.348 e. The summed E-state index contributed by atoms with van der Waals surface area (Å²) in [6, 6.07) is 3.01. The van der Waals surface area contributed by atoms with Crippen LogP contribution in [0.3, 0.4) is 0 Å². The number of anilines is 1. The molecular formula is C14H14N2O4S. The lowest BCUT2D eigenvalue weighted by atomic mass is 10.2. The molecule has 0 aliphatic carbocycles. The van der Waals surface area contributed by atoms with E-state index in [9.17, 15) is 14.7 Å². The molecule has 0 saturated carbocycles. The van der Waals surface area contributed by atoms with Gasteiger partial charge in [0.15, 0.2) is 0 Å². The Balaban J connectivity index is 2.15. The van der Waals surface area contributed by atoms with Crippen LogP contribution in [0.4, 0.5) is 5.00 Å². The Morgan fingerprint density at radius 3 is 2.81 bits per heavy atom. The molecule has 0 aliphatic heterocycles. The Labute approximate surface area is 125 Å². The lowest BCUT2D eigenvalue weighted by Gasteiger charge is -2.02.